The van der Waals surface area contributed by atoms with E-state index in [4.69, 9.17) is 10.5 Å². The second-order valence-electron chi connectivity index (χ2n) is 7.99. The monoisotopic (exact) mass is 419 g/mol. The molecule has 2 fully saturated rings. The number of hydrogen-bond donors (Lipinski definition) is 2. The summed E-state index contributed by atoms with van der Waals surface area (Å²) in [7, 11) is 6.08. The van der Waals surface area contributed by atoms with Gasteiger partial charge in [-0.05, 0) is 39.8 Å². The minimum Gasteiger partial charge on any atom is -0.377 e. The number of anilines is 1. The first-order valence-electron chi connectivity index (χ1n) is 9.56. The van der Waals surface area contributed by atoms with Gasteiger partial charge in [0, 0.05) is 42.9 Å². The van der Waals surface area contributed by atoms with Crippen molar-refractivity contribution in [3.63, 3.8) is 0 Å². The number of aromatic nitrogens is 2. The molecule has 3 rings (SSSR count). The molecule has 6 nitrogen and oxygen atoms in total. The first kappa shape index (κ1) is 24.4. The predicted molar refractivity (Wildman–Crippen MR) is 115 cm³/mol. The molecule has 0 unspecified atom stereocenters. The summed E-state index contributed by atoms with van der Waals surface area (Å²) in [5.74, 6) is 2.14. The zero-order chi connectivity index (χ0) is 17.9. The molecule has 0 amide bonds. The van der Waals surface area contributed by atoms with E-state index in [1.165, 1.54) is 32.1 Å². The van der Waals surface area contributed by atoms with E-state index in [2.05, 4.69) is 40.3 Å². The third kappa shape index (κ3) is 5.91. The Morgan fingerprint density at radius 1 is 1.19 bits per heavy atom. The van der Waals surface area contributed by atoms with E-state index in [0.717, 1.165) is 36.7 Å². The van der Waals surface area contributed by atoms with E-state index < -0.39 is 0 Å². The van der Waals surface area contributed by atoms with Crippen LogP contribution in [0.1, 0.15) is 62.4 Å². The Balaban J connectivity index is 0.00000182. The third-order valence-electron chi connectivity index (χ3n) is 5.99. The largest absolute Gasteiger partial charge is 0.377 e. The number of likely N-dealkylation sites (N-methyl/N-ethyl adjacent to an activating group) is 1. The van der Waals surface area contributed by atoms with Crippen molar-refractivity contribution in [2.75, 3.05) is 33.1 Å². The van der Waals surface area contributed by atoms with Crippen LogP contribution in [-0.2, 0) is 11.3 Å². The van der Waals surface area contributed by atoms with Gasteiger partial charge in [-0.15, -0.1) is 24.8 Å². The van der Waals surface area contributed by atoms with Gasteiger partial charge in [-0.3, -0.25) is 0 Å². The third-order valence-corrected chi connectivity index (χ3v) is 5.99. The quantitative estimate of drug-likeness (QED) is 0.705. The van der Waals surface area contributed by atoms with Crippen LogP contribution in [0.2, 0.25) is 0 Å². The standard InChI is InChI=1S/C19H33N5O.2ClH/c1-24(2)19(7-5-4-6-8-19)13-21-17-11-16(14-9-15(20)10-14)22-18(23-17)12-25-3;;/h11,14-15H,4-10,12-13,20H2,1-3H3,(H,21,22,23);2*1H. The second-order valence-corrected chi connectivity index (χ2v) is 7.99. The number of halogens is 2. The number of hydrogen-bond acceptors (Lipinski definition) is 6. The first-order chi connectivity index (χ1) is 12.0. The van der Waals surface area contributed by atoms with E-state index >= 15 is 0 Å². The van der Waals surface area contributed by atoms with Gasteiger partial charge in [-0.25, -0.2) is 9.97 Å². The average Bonchev–Trinajstić information content (AvgIpc) is 2.58. The molecule has 156 valence electrons. The molecule has 0 saturated heterocycles. The van der Waals surface area contributed by atoms with Crippen molar-refractivity contribution in [1.82, 2.24) is 14.9 Å². The number of rotatable bonds is 7. The SMILES string of the molecule is COCc1nc(NCC2(N(C)C)CCCCC2)cc(C2CC(N)C2)n1.Cl.Cl. The molecule has 8 heteroatoms. The Bertz CT molecular complexity index is 575. The summed E-state index contributed by atoms with van der Waals surface area (Å²) >= 11 is 0. The Morgan fingerprint density at radius 2 is 1.85 bits per heavy atom. The summed E-state index contributed by atoms with van der Waals surface area (Å²) < 4.78 is 5.26. The Labute approximate surface area is 175 Å². The van der Waals surface area contributed by atoms with Crippen molar-refractivity contribution in [2.45, 2.75) is 69.1 Å². The summed E-state index contributed by atoms with van der Waals surface area (Å²) in [4.78, 5) is 11.7. The fourth-order valence-corrected chi connectivity index (χ4v) is 4.16. The highest BCUT2D eigenvalue weighted by Crippen LogP contribution is 2.36. The number of nitrogens with one attached hydrogen (secondary N) is 1. The van der Waals surface area contributed by atoms with Gasteiger partial charge >= 0.3 is 0 Å². The van der Waals surface area contributed by atoms with Crippen LogP contribution in [0.5, 0.6) is 0 Å². The van der Waals surface area contributed by atoms with Crippen LogP contribution < -0.4 is 11.1 Å². The Kier molecular flexibility index (Phi) is 9.72. The highest BCUT2D eigenvalue weighted by atomic mass is 35.5. The fraction of sp³-hybridized carbons (Fsp3) is 0.789. The maximum atomic E-state index is 5.96. The first-order valence-corrected chi connectivity index (χ1v) is 9.56. The molecule has 0 bridgehead atoms. The molecule has 0 radical (unpaired) electrons. The molecule has 1 heterocycles. The minimum absolute atomic E-state index is 0. The lowest BCUT2D eigenvalue weighted by Gasteiger charge is -2.43. The van der Waals surface area contributed by atoms with E-state index in [1.54, 1.807) is 7.11 Å². The molecule has 2 saturated carbocycles. The van der Waals surface area contributed by atoms with Crippen molar-refractivity contribution in [2.24, 2.45) is 5.73 Å². The molecule has 2 aliphatic rings. The topological polar surface area (TPSA) is 76.3 Å². The van der Waals surface area contributed by atoms with Gasteiger partial charge in [0.15, 0.2) is 5.82 Å². The molecule has 2 aliphatic carbocycles. The van der Waals surface area contributed by atoms with E-state index in [0.29, 0.717) is 18.6 Å². The maximum absolute atomic E-state index is 5.96. The molecule has 1 aromatic rings. The number of nitrogens with zero attached hydrogens (tertiary/aromatic N) is 3. The Morgan fingerprint density at radius 3 is 2.41 bits per heavy atom. The van der Waals surface area contributed by atoms with Crippen LogP contribution in [0.15, 0.2) is 6.07 Å². The van der Waals surface area contributed by atoms with Crippen LogP contribution in [-0.4, -0.2) is 54.2 Å². The van der Waals surface area contributed by atoms with Gasteiger partial charge in [0.05, 0.1) is 0 Å². The van der Waals surface area contributed by atoms with Crippen molar-refractivity contribution in [3.05, 3.63) is 17.6 Å². The molecule has 0 spiro atoms. The molecule has 3 N–H and O–H groups in total. The minimum atomic E-state index is 0. The summed E-state index contributed by atoms with van der Waals surface area (Å²) in [5.41, 5.74) is 7.29. The normalized spacial score (nSPS) is 23.7. The summed E-state index contributed by atoms with van der Waals surface area (Å²) in [6, 6.07) is 2.43. The van der Waals surface area contributed by atoms with Gasteiger partial charge < -0.3 is 20.7 Å². The lowest BCUT2D eigenvalue weighted by molar-refractivity contribution is 0.113. The molecular formula is C19H35Cl2N5O. The molecule has 27 heavy (non-hydrogen) atoms. The van der Waals surface area contributed by atoms with Crippen LogP contribution in [0.25, 0.3) is 0 Å². The molecule has 0 atom stereocenters. The predicted octanol–water partition coefficient (Wildman–Crippen LogP) is 3.35. The summed E-state index contributed by atoms with van der Waals surface area (Å²) in [6.45, 7) is 1.37. The lowest BCUT2D eigenvalue weighted by atomic mass is 9.78. The van der Waals surface area contributed by atoms with E-state index in [1.807, 2.05) is 0 Å². The Hall–Kier alpha value is -0.660. The fourth-order valence-electron chi connectivity index (χ4n) is 4.16. The smallest absolute Gasteiger partial charge is 0.156 e. The second kappa shape index (κ2) is 10.8. The molecule has 0 aromatic carbocycles. The van der Waals surface area contributed by atoms with Gasteiger partial charge in [0.25, 0.3) is 0 Å². The highest BCUT2D eigenvalue weighted by Gasteiger charge is 2.34. The lowest BCUT2D eigenvalue weighted by Crippen LogP contribution is -2.51. The molecule has 0 aliphatic heterocycles. The number of nitrogens with two attached hydrogens (primary N) is 1. The molecular weight excluding hydrogens is 385 g/mol. The number of ether oxygens (including phenoxy) is 1. The van der Waals surface area contributed by atoms with Gasteiger partial charge in [-0.1, -0.05) is 19.3 Å². The maximum Gasteiger partial charge on any atom is 0.156 e. The van der Waals surface area contributed by atoms with Gasteiger partial charge in [-0.2, -0.15) is 0 Å². The summed E-state index contributed by atoms with van der Waals surface area (Å²) in [5, 5.41) is 3.61. The number of methoxy groups -OCH3 is 1. The average molecular weight is 420 g/mol. The van der Waals surface area contributed by atoms with E-state index in [-0.39, 0.29) is 30.4 Å². The highest BCUT2D eigenvalue weighted by molar-refractivity contribution is 5.85. The zero-order valence-electron chi connectivity index (χ0n) is 16.7. The van der Waals surface area contributed by atoms with Crippen molar-refractivity contribution in [3.8, 4) is 0 Å². The van der Waals surface area contributed by atoms with E-state index in [9.17, 15) is 0 Å². The van der Waals surface area contributed by atoms with Gasteiger partial charge in [0.2, 0.25) is 0 Å². The van der Waals surface area contributed by atoms with Crippen molar-refractivity contribution in [1.29, 1.82) is 0 Å². The molecule has 1 aromatic heterocycles. The van der Waals surface area contributed by atoms with Crippen LogP contribution >= 0.6 is 24.8 Å². The van der Waals surface area contributed by atoms with Crippen molar-refractivity contribution < 1.29 is 4.74 Å². The van der Waals surface area contributed by atoms with Gasteiger partial charge in [0.1, 0.15) is 12.4 Å². The van der Waals surface area contributed by atoms with Crippen molar-refractivity contribution >= 4 is 30.6 Å². The van der Waals surface area contributed by atoms with Crippen LogP contribution in [0.4, 0.5) is 5.82 Å². The van der Waals surface area contributed by atoms with Crippen LogP contribution in [0, 0.1) is 0 Å². The summed E-state index contributed by atoms with van der Waals surface area (Å²) in [6.07, 6.45) is 8.50. The zero-order valence-corrected chi connectivity index (χ0v) is 18.4. The van der Waals surface area contributed by atoms with Crippen LogP contribution in [0.3, 0.4) is 0 Å².